The van der Waals surface area contributed by atoms with Crippen LogP contribution in [-0.2, 0) is 40.1 Å². The molecule has 0 amide bonds. The van der Waals surface area contributed by atoms with Gasteiger partial charge in [0.05, 0.1) is 24.3 Å². The Labute approximate surface area is 205 Å². The van der Waals surface area contributed by atoms with E-state index in [4.69, 9.17) is 21.0 Å². The Morgan fingerprint density at radius 3 is 1.09 bits per heavy atom. The molecule has 0 heterocycles. The Hall–Kier alpha value is -2.40. The molecule has 0 aromatic rings. The molecule has 0 fully saturated rings. The highest BCUT2D eigenvalue weighted by atomic mass is 32.3. The molecule has 0 saturated carbocycles. The standard InChI is InChI=1S/C15H24N8O8S4/c1-14(32(24,25)20-10-2-6-16)15(33(26,27)21-11-3-7-17,34(28,29)22-12-4-8-18)35(30,31)23-13-5-9-19/h14,20-23H,2-5,10-13H2,1H3. The summed E-state index contributed by atoms with van der Waals surface area (Å²) in [5.41, 5.74) is 0. The van der Waals surface area contributed by atoms with Crippen molar-refractivity contribution in [2.24, 2.45) is 0 Å². The van der Waals surface area contributed by atoms with E-state index in [0.29, 0.717) is 6.92 Å². The van der Waals surface area contributed by atoms with Crippen LogP contribution in [0.25, 0.3) is 0 Å². The maximum absolute atomic E-state index is 13.4. The molecule has 0 bridgehead atoms. The molecule has 0 aliphatic heterocycles. The molecular weight excluding hydrogens is 548 g/mol. The van der Waals surface area contributed by atoms with E-state index in [1.807, 2.05) is 0 Å². The van der Waals surface area contributed by atoms with E-state index >= 15 is 0 Å². The van der Waals surface area contributed by atoms with Crippen LogP contribution in [0.4, 0.5) is 0 Å². The van der Waals surface area contributed by atoms with Crippen LogP contribution in [-0.4, -0.2) is 68.5 Å². The Balaban J connectivity index is 7.42. The molecule has 0 aromatic heterocycles. The molecule has 196 valence electrons. The van der Waals surface area contributed by atoms with Crippen molar-refractivity contribution in [3.8, 4) is 24.3 Å². The summed E-state index contributed by atoms with van der Waals surface area (Å²) >= 11 is 0. The number of sulfonamides is 4. The molecule has 0 aliphatic rings. The fourth-order valence-electron chi connectivity index (χ4n) is 2.68. The van der Waals surface area contributed by atoms with Gasteiger partial charge in [0.15, 0.2) is 0 Å². The van der Waals surface area contributed by atoms with Crippen molar-refractivity contribution >= 4 is 40.1 Å². The molecule has 0 spiro atoms. The van der Waals surface area contributed by atoms with Crippen molar-refractivity contribution in [2.75, 3.05) is 26.2 Å². The lowest BCUT2D eigenvalue weighted by molar-refractivity contribution is 0.515. The second-order valence-corrected chi connectivity index (χ2v) is 15.2. The zero-order valence-electron chi connectivity index (χ0n) is 18.4. The first kappa shape index (κ1) is 32.6. The third-order valence-electron chi connectivity index (χ3n) is 4.21. The van der Waals surface area contributed by atoms with Gasteiger partial charge >= 0.3 is 3.41 Å². The largest absolute Gasteiger partial charge is 0.330 e. The Kier molecular flexibility index (Phi) is 12.7. The average Bonchev–Trinajstić information content (AvgIpc) is 2.73. The summed E-state index contributed by atoms with van der Waals surface area (Å²) in [7, 11) is -22.2. The summed E-state index contributed by atoms with van der Waals surface area (Å²) in [6, 6.07) is 6.27. The van der Waals surface area contributed by atoms with Crippen LogP contribution < -0.4 is 18.9 Å². The van der Waals surface area contributed by atoms with E-state index in [1.165, 1.54) is 0 Å². The molecule has 16 nitrogen and oxygen atoms in total. The maximum atomic E-state index is 13.4. The summed E-state index contributed by atoms with van der Waals surface area (Å²) in [6.45, 7) is -2.37. The number of hydrogen-bond donors (Lipinski definition) is 4. The van der Waals surface area contributed by atoms with E-state index in [-0.39, 0.29) is 0 Å². The summed E-state index contributed by atoms with van der Waals surface area (Å²) < 4.78 is 109. The molecule has 1 atom stereocenters. The van der Waals surface area contributed by atoms with Crippen molar-refractivity contribution in [3.63, 3.8) is 0 Å². The zero-order valence-corrected chi connectivity index (χ0v) is 21.7. The summed E-state index contributed by atoms with van der Waals surface area (Å²) in [4.78, 5) is 0. The molecule has 0 radical (unpaired) electrons. The lowest BCUT2D eigenvalue weighted by Gasteiger charge is -2.36. The van der Waals surface area contributed by atoms with Gasteiger partial charge in [0, 0.05) is 51.9 Å². The first-order chi connectivity index (χ1) is 16.1. The van der Waals surface area contributed by atoms with Gasteiger partial charge in [-0.15, -0.1) is 0 Å². The van der Waals surface area contributed by atoms with Gasteiger partial charge in [-0.3, -0.25) is 0 Å². The Morgan fingerprint density at radius 1 is 0.571 bits per heavy atom. The van der Waals surface area contributed by atoms with E-state index in [0.717, 1.165) is 0 Å². The van der Waals surface area contributed by atoms with Crippen LogP contribution in [0.1, 0.15) is 32.6 Å². The van der Waals surface area contributed by atoms with Crippen LogP contribution in [0, 0.1) is 45.3 Å². The van der Waals surface area contributed by atoms with Crippen molar-refractivity contribution < 1.29 is 33.7 Å². The second kappa shape index (κ2) is 13.6. The first-order valence-corrected chi connectivity index (χ1v) is 15.6. The monoisotopic (exact) mass is 572 g/mol. The third-order valence-corrected chi connectivity index (χ3v) is 15.6. The lowest BCUT2D eigenvalue weighted by Crippen LogP contribution is -2.70. The van der Waals surface area contributed by atoms with Gasteiger partial charge in [0.1, 0.15) is 5.25 Å². The van der Waals surface area contributed by atoms with E-state index in [9.17, 15) is 33.7 Å². The molecule has 0 aliphatic carbocycles. The van der Waals surface area contributed by atoms with Gasteiger partial charge in [-0.2, -0.15) is 21.0 Å². The number of nitrogens with one attached hydrogen (secondary N) is 4. The minimum atomic E-state index is -5.71. The highest BCUT2D eigenvalue weighted by molar-refractivity contribution is 8.25. The molecule has 0 rings (SSSR count). The van der Waals surface area contributed by atoms with E-state index in [1.54, 1.807) is 43.2 Å². The number of hydrogen-bond acceptors (Lipinski definition) is 12. The van der Waals surface area contributed by atoms with Gasteiger partial charge in [-0.1, -0.05) is 0 Å². The normalized spacial score (nSPS) is 13.6. The lowest BCUT2D eigenvalue weighted by atomic mass is 10.5. The van der Waals surface area contributed by atoms with Crippen molar-refractivity contribution in [1.29, 1.82) is 21.0 Å². The molecule has 1 unspecified atom stereocenters. The maximum Gasteiger partial charge on any atom is 0.330 e. The first-order valence-electron chi connectivity index (χ1n) is 9.59. The minimum Gasteiger partial charge on any atom is -0.214 e. The third kappa shape index (κ3) is 7.54. The fraction of sp³-hybridized carbons (Fsp3) is 0.733. The smallest absolute Gasteiger partial charge is 0.214 e. The molecule has 4 N–H and O–H groups in total. The van der Waals surface area contributed by atoms with Crippen molar-refractivity contribution in [1.82, 2.24) is 18.9 Å². The number of nitrogens with zero attached hydrogens (tertiary/aromatic N) is 4. The van der Waals surface area contributed by atoms with Gasteiger partial charge in [0.25, 0.3) is 30.1 Å². The summed E-state index contributed by atoms with van der Waals surface area (Å²) in [5, 5.41) is 31.9. The highest BCUT2D eigenvalue weighted by Crippen LogP contribution is 2.37. The second-order valence-electron chi connectivity index (χ2n) is 6.51. The molecule has 35 heavy (non-hydrogen) atoms. The van der Waals surface area contributed by atoms with Crippen molar-refractivity contribution in [2.45, 2.75) is 41.3 Å². The van der Waals surface area contributed by atoms with Gasteiger partial charge in [-0.05, 0) is 6.92 Å². The Morgan fingerprint density at radius 2 is 0.829 bits per heavy atom. The molecule has 0 aromatic carbocycles. The predicted molar refractivity (Wildman–Crippen MR) is 121 cm³/mol. The minimum absolute atomic E-state index is 0.410. The SMILES string of the molecule is CC(C(S(=O)(=O)NCCC#N)(S(=O)(=O)NCCC#N)S(=O)(=O)NCCC#N)S(=O)(=O)NCCC#N. The van der Waals surface area contributed by atoms with Crippen molar-refractivity contribution in [3.05, 3.63) is 0 Å². The quantitative estimate of drug-likeness (QED) is 0.130. The van der Waals surface area contributed by atoms with Crippen LogP contribution in [0.15, 0.2) is 0 Å². The summed E-state index contributed by atoms with van der Waals surface area (Å²) in [5.74, 6) is 0. The predicted octanol–water partition coefficient (Wildman–Crippen LogP) is -2.64. The number of rotatable bonds is 17. The molecular formula is C15H24N8O8S4. The zero-order chi connectivity index (χ0) is 27.4. The van der Waals surface area contributed by atoms with E-state index < -0.39 is 101 Å². The average molecular weight is 573 g/mol. The van der Waals surface area contributed by atoms with Crippen LogP contribution >= 0.6 is 0 Å². The Bertz CT molecular complexity index is 1210. The molecule has 20 heteroatoms. The van der Waals surface area contributed by atoms with Gasteiger partial charge in [0.2, 0.25) is 10.0 Å². The summed E-state index contributed by atoms with van der Waals surface area (Å²) in [6.07, 6.45) is -1.99. The van der Waals surface area contributed by atoms with Gasteiger partial charge in [-0.25, -0.2) is 52.6 Å². The highest BCUT2D eigenvalue weighted by Gasteiger charge is 2.71. The topological polar surface area (TPSA) is 280 Å². The molecule has 0 saturated heterocycles. The van der Waals surface area contributed by atoms with Gasteiger partial charge < -0.3 is 0 Å². The van der Waals surface area contributed by atoms with Crippen LogP contribution in [0.5, 0.6) is 0 Å². The number of nitriles is 4. The van der Waals surface area contributed by atoms with Crippen LogP contribution in [0.2, 0.25) is 0 Å². The van der Waals surface area contributed by atoms with E-state index in [2.05, 4.69) is 0 Å². The van der Waals surface area contributed by atoms with Crippen LogP contribution in [0.3, 0.4) is 0 Å². The fourth-order valence-corrected chi connectivity index (χ4v) is 13.5.